The number of carbonyl (C=O) groups excluding carboxylic acids is 1. The van der Waals surface area contributed by atoms with E-state index in [9.17, 15) is 9.18 Å². The van der Waals surface area contributed by atoms with E-state index in [4.69, 9.17) is 4.74 Å². The van der Waals surface area contributed by atoms with Crippen molar-refractivity contribution in [2.75, 3.05) is 26.2 Å². The van der Waals surface area contributed by atoms with Crippen molar-refractivity contribution >= 4 is 16.9 Å². The third kappa shape index (κ3) is 3.85. The second-order valence-corrected chi connectivity index (χ2v) is 8.33. The quantitative estimate of drug-likeness (QED) is 0.483. The van der Waals surface area contributed by atoms with Crippen molar-refractivity contribution in [1.29, 1.82) is 0 Å². The summed E-state index contributed by atoms with van der Waals surface area (Å²) in [5, 5.41) is 4.65. The zero-order chi connectivity index (χ0) is 20.5. The molecule has 0 radical (unpaired) electrons. The second-order valence-electron chi connectivity index (χ2n) is 8.33. The van der Waals surface area contributed by atoms with Gasteiger partial charge in [-0.05, 0) is 86.8 Å². The summed E-state index contributed by atoms with van der Waals surface area (Å²) in [6, 6.07) is 11.7. The Morgan fingerprint density at radius 3 is 2.70 bits per heavy atom. The predicted molar refractivity (Wildman–Crippen MR) is 114 cm³/mol. The van der Waals surface area contributed by atoms with Gasteiger partial charge in [-0.1, -0.05) is 6.07 Å². The number of fused-ring (bicyclic) bond motifs is 4. The van der Waals surface area contributed by atoms with Gasteiger partial charge in [-0.25, -0.2) is 9.18 Å². The van der Waals surface area contributed by atoms with Crippen LogP contribution >= 0.6 is 0 Å². The number of H-pyrrole nitrogens is 1. The van der Waals surface area contributed by atoms with Crippen molar-refractivity contribution < 1.29 is 13.9 Å². The van der Waals surface area contributed by atoms with E-state index in [2.05, 4.69) is 15.2 Å². The lowest BCUT2D eigenvalue weighted by Crippen LogP contribution is -2.56. The van der Waals surface area contributed by atoms with E-state index in [0.29, 0.717) is 17.4 Å². The molecule has 0 aliphatic carbocycles. The van der Waals surface area contributed by atoms with E-state index in [1.54, 1.807) is 6.07 Å². The maximum absolute atomic E-state index is 13.1. The highest BCUT2D eigenvalue weighted by Crippen LogP contribution is 2.28. The van der Waals surface area contributed by atoms with E-state index in [0.717, 1.165) is 41.9 Å². The zero-order valence-corrected chi connectivity index (χ0v) is 16.9. The smallest absolute Gasteiger partial charge is 0.344 e. The number of esters is 1. The minimum Gasteiger partial charge on any atom is -0.423 e. The average molecular weight is 407 g/mol. The van der Waals surface area contributed by atoms with Crippen LogP contribution in [0.2, 0.25) is 0 Å². The van der Waals surface area contributed by atoms with Gasteiger partial charge in [0.1, 0.15) is 11.6 Å². The Balaban J connectivity index is 1.30. The van der Waals surface area contributed by atoms with Gasteiger partial charge in [-0.2, -0.15) is 0 Å². The average Bonchev–Trinajstić information content (AvgIpc) is 3.19. The molecule has 1 atom stereocenters. The number of aromatic amines is 1. The summed E-state index contributed by atoms with van der Waals surface area (Å²) in [7, 11) is 0. The highest BCUT2D eigenvalue weighted by atomic mass is 19.1. The van der Waals surface area contributed by atoms with Crippen LogP contribution < -0.4 is 10.1 Å². The second kappa shape index (κ2) is 8.20. The molecule has 3 aliphatic rings. The summed E-state index contributed by atoms with van der Waals surface area (Å²) in [5.74, 6) is 0.331. The first-order valence-corrected chi connectivity index (χ1v) is 10.7. The molecule has 2 bridgehead atoms. The standard InChI is InChI=1S/C24H26FN3O2/c25-18-4-6-19(7-5-18)30-24(29)20-2-1-3-21-23(20)17(14-27-21)8-11-26-22-15-28-12-9-16(22)10-13-28/h1-7,14,16,22,26-27H,8-13,15H2. The fourth-order valence-corrected chi connectivity index (χ4v) is 4.88. The molecular formula is C24H26FN3O2. The van der Waals surface area contributed by atoms with Crippen LogP contribution in [0.1, 0.15) is 28.8 Å². The van der Waals surface area contributed by atoms with Crippen LogP contribution in [0.25, 0.3) is 10.9 Å². The van der Waals surface area contributed by atoms with Crippen molar-refractivity contribution in [3.8, 4) is 5.75 Å². The maximum Gasteiger partial charge on any atom is 0.344 e. The minimum atomic E-state index is -0.432. The number of aromatic nitrogens is 1. The number of benzene rings is 2. The third-order valence-electron chi connectivity index (χ3n) is 6.49. The van der Waals surface area contributed by atoms with E-state index in [-0.39, 0.29) is 5.82 Å². The van der Waals surface area contributed by atoms with Crippen molar-refractivity contribution in [3.05, 3.63) is 65.6 Å². The SMILES string of the molecule is O=C(Oc1ccc(F)cc1)c1cccc2[nH]cc(CCNC3CN4CCC3CC4)c12. The molecule has 3 aliphatic heterocycles. The van der Waals surface area contributed by atoms with E-state index >= 15 is 0 Å². The fraction of sp³-hybridized carbons (Fsp3) is 0.375. The largest absolute Gasteiger partial charge is 0.423 e. The molecule has 0 amide bonds. The summed E-state index contributed by atoms with van der Waals surface area (Å²) >= 11 is 0. The monoisotopic (exact) mass is 407 g/mol. The van der Waals surface area contributed by atoms with Crippen LogP contribution in [0.5, 0.6) is 5.75 Å². The Morgan fingerprint density at radius 1 is 1.17 bits per heavy atom. The molecule has 0 spiro atoms. The molecule has 30 heavy (non-hydrogen) atoms. The number of hydrogen-bond donors (Lipinski definition) is 2. The van der Waals surface area contributed by atoms with Gasteiger partial charge in [0.2, 0.25) is 0 Å². The minimum absolute atomic E-state index is 0.333. The lowest BCUT2D eigenvalue weighted by molar-refractivity contribution is 0.0731. The first-order chi connectivity index (χ1) is 14.7. The molecule has 5 nitrogen and oxygen atoms in total. The van der Waals surface area contributed by atoms with E-state index in [1.165, 1.54) is 50.2 Å². The maximum atomic E-state index is 13.1. The molecule has 6 heteroatoms. The number of carbonyl (C=O) groups is 1. The van der Waals surface area contributed by atoms with Gasteiger partial charge in [0.05, 0.1) is 5.56 Å². The van der Waals surface area contributed by atoms with Crippen LogP contribution in [-0.2, 0) is 6.42 Å². The van der Waals surface area contributed by atoms with Gasteiger partial charge < -0.3 is 19.9 Å². The van der Waals surface area contributed by atoms with Crippen molar-refractivity contribution in [1.82, 2.24) is 15.2 Å². The van der Waals surface area contributed by atoms with Crippen molar-refractivity contribution in [2.24, 2.45) is 5.92 Å². The lowest BCUT2D eigenvalue weighted by Gasteiger charge is -2.45. The highest BCUT2D eigenvalue weighted by molar-refractivity contribution is 6.05. The first-order valence-electron chi connectivity index (χ1n) is 10.7. The Kier molecular flexibility index (Phi) is 5.27. The molecule has 0 saturated carbocycles. The van der Waals surface area contributed by atoms with Crippen LogP contribution in [0.4, 0.5) is 4.39 Å². The first kappa shape index (κ1) is 19.3. The number of ether oxygens (including phenoxy) is 1. The molecule has 1 aromatic heterocycles. The molecule has 2 aromatic carbocycles. The number of hydrogen-bond acceptors (Lipinski definition) is 4. The van der Waals surface area contributed by atoms with Crippen LogP contribution in [0.15, 0.2) is 48.7 Å². The zero-order valence-electron chi connectivity index (χ0n) is 16.9. The van der Waals surface area contributed by atoms with Crippen LogP contribution in [0, 0.1) is 11.7 Å². The Hall–Kier alpha value is -2.70. The molecule has 156 valence electrons. The molecular weight excluding hydrogens is 381 g/mol. The van der Waals surface area contributed by atoms with Crippen LogP contribution in [0.3, 0.4) is 0 Å². The molecule has 3 saturated heterocycles. The predicted octanol–water partition coefficient (Wildman–Crippen LogP) is 3.75. The van der Waals surface area contributed by atoms with Crippen molar-refractivity contribution in [2.45, 2.75) is 25.3 Å². The van der Waals surface area contributed by atoms with Gasteiger partial charge in [0.25, 0.3) is 0 Å². The summed E-state index contributed by atoms with van der Waals surface area (Å²) in [6.07, 6.45) is 5.41. The molecule has 1 unspecified atom stereocenters. The highest BCUT2D eigenvalue weighted by Gasteiger charge is 2.33. The Morgan fingerprint density at radius 2 is 1.97 bits per heavy atom. The van der Waals surface area contributed by atoms with E-state index < -0.39 is 5.97 Å². The lowest BCUT2D eigenvalue weighted by atomic mass is 9.84. The van der Waals surface area contributed by atoms with Crippen LogP contribution in [-0.4, -0.2) is 48.1 Å². The van der Waals surface area contributed by atoms with Gasteiger partial charge >= 0.3 is 5.97 Å². The molecule has 3 aromatic rings. The summed E-state index contributed by atoms with van der Waals surface area (Å²) in [4.78, 5) is 18.6. The topological polar surface area (TPSA) is 57.4 Å². The summed E-state index contributed by atoms with van der Waals surface area (Å²) in [5.41, 5.74) is 2.54. The Bertz CT molecular complexity index is 1040. The van der Waals surface area contributed by atoms with E-state index in [1.807, 2.05) is 18.3 Å². The van der Waals surface area contributed by atoms with Gasteiger partial charge in [-0.3, -0.25) is 0 Å². The molecule has 3 fully saturated rings. The molecule has 6 rings (SSSR count). The number of halogens is 1. The number of nitrogens with zero attached hydrogens (tertiary/aromatic N) is 1. The molecule has 4 heterocycles. The summed E-state index contributed by atoms with van der Waals surface area (Å²) in [6.45, 7) is 4.51. The number of rotatable bonds is 6. The number of piperidine rings is 3. The van der Waals surface area contributed by atoms with Crippen molar-refractivity contribution in [3.63, 3.8) is 0 Å². The van der Waals surface area contributed by atoms with Gasteiger partial charge in [0, 0.05) is 29.7 Å². The molecule has 2 N–H and O–H groups in total. The number of nitrogens with one attached hydrogen (secondary N) is 2. The Labute approximate surface area is 175 Å². The van der Waals surface area contributed by atoms with Gasteiger partial charge in [-0.15, -0.1) is 0 Å². The third-order valence-corrected chi connectivity index (χ3v) is 6.49. The normalized spacial score (nSPS) is 23.0. The van der Waals surface area contributed by atoms with Gasteiger partial charge in [0.15, 0.2) is 0 Å². The summed E-state index contributed by atoms with van der Waals surface area (Å²) < 4.78 is 18.6. The fourth-order valence-electron chi connectivity index (χ4n) is 4.88.